The first kappa shape index (κ1) is 16.7. The Morgan fingerprint density at radius 2 is 2.00 bits per heavy atom. The zero-order chi connectivity index (χ0) is 16.8. The van der Waals surface area contributed by atoms with E-state index in [1.165, 1.54) is 16.7 Å². The van der Waals surface area contributed by atoms with Gasteiger partial charge in [0.2, 0.25) is 0 Å². The highest BCUT2D eigenvalue weighted by atomic mass is 32.1. The van der Waals surface area contributed by atoms with E-state index in [9.17, 15) is 0 Å². The van der Waals surface area contributed by atoms with E-state index < -0.39 is 0 Å². The van der Waals surface area contributed by atoms with Crippen molar-refractivity contribution >= 4 is 11.3 Å². The first-order valence-corrected chi connectivity index (χ1v) is 9.04. The molecule has 1 heterocycles. The number of benzene rings is 2. The van der Waals surface area contributed by atoms with Crippen molar-refractivity contribution in [2.24, 2.45) is 0 Å². The normalized spacial score (nSPS) is 12.1. The van der Waals surface area contributed by atoms with Crippen LogP contribution in [0.2, 0.25) is 0 Å². The summed E-state index contributed by atoms with van der Waals surface area (Å²) >= 11 is 1.63. The van der Waals surface area contributed by atoms with Crippen LogP contribution < -0.4 is 10.1 Å². The number of nitrogens with zero attached hydrogens (tertiary/aromatic N) is 1. The number of aromatic nitrogens is 1. The lowest BCUT2D eigenvalue weighted by atomic mass is 10.1. The Kier molecular flexibility index (Phi) is 5.62. The second-order valence-electron chi connectivity index (χ2n) is 5.93. The van der Waals surface area contributed by atoms with Gasteiger partial charge in [-0.15, -0.1) is 11.3 Å². The molecular weight excluding hydrogens is 316 g/mol. The van der Waals surface area contributed by atoms with Crippen molar-refractivity contribution in [2.75, 3.05) is 0 Å². The van der Waals surface area contributed by atoms with E-state index in [0.717, 1.165) is 18.0 Å². The van der Waals surface area contributed by atoms with Gasteiger partial charge in [0.1, 0.15) is 12.4 Å². The number of ether oxygens (including phenoxy) is 1. The summed E-state index contributed by atoms with van der Waals surface area (Å²) in [4.78, 5) is 4.29. The van der Waals surface area contributed by atoms with E-state index in [2.05, 4.69) is 65.9 Å². The molecule has 0 saturated carbocycles. The van der Waals surface area contributed by atoms with Crippen molar-refractivity contribution < 1.29 is 4.74 Å². The van der Waals surface area contributed by atoms with Crippen molar-refractivity contribution in [1.29, 1.82) is 0 Å². The van der Waals surface area contributed by atoms with Gasteiger partial charge in [-0.2, -0.15) is 0 Å². The second-order valence-corrected chi connectivity index (χ2v) is 6.65. The molecule has 0 saturated heterocycles. The summed E-state index contributed by atoms with van der Waals surface area (Å²) < 4.78 is 5.87. The molecule has 0 bridgehead atoms. The first-order chi connectivity index (χ1) is 11.7. The molecule has 0 aliphatic rings. The maximum atomic E-state index is 5.87. The largest absolute Gasteiger partial charge is 0.489 e. The van der Waals surface area contributed by atoms with Gasteiger partial charge >= 0.3 is 0 Å². The number of aryl methyl sites for hydroxylation is 1. The monoisotopic (exact) mass is 338 g/mol. The summed E-state index contributed by atoms with van der Waals surface area (Å²) in [5, 5.41) is 5.56. The van der Waals surface area contributed by atoms with Gasteiger partial charge in [-0.1, -0.05) is 42.0 Å². The van der Waals surface area contributed by atoms with Crippen LogP contribution in [0.1, 0.15) is 35.3 Å². The number of hydrogen-bond donors (Lipinski definition) is 1. The number of thiazole rings is 1. The van der Waals surface area contributed by atoms with Crippen LogP contribution in [0.25, 0.3) is 0 Å². The Morgan fingerprint density at radius 1 is 1.17 bits per heavy atom. The Balaban J connectivity index is 1.52. The van der Waals surface area contributed by atoms with Gasteiger partial charge in [0.15, 0.2) is 0 Å². The third-order valence-electron chi connectivity index (χ3n) is 3.94. The highest BCUT2D eigenvalue weighted by Gasteiger charge is 2.06. The van der Waals surface area contributed by atoms with E-state index in [-0.39, 0.29) is 6.04 Å². The minimum Gasteiger partial charge on any atom is -0.489 e. The van der Waals surface area contributed by atoms with Crippen LogP contribution >= 0.6 is 11.3 Å². The van der Waals surface area contributed by atoms with E-state index in [0.29, 0.717) is 6.61 Å². The molecule has 1 N–H and O–H groups in total. The third-order valence-corrected chi connectivity index (χ3v) is 4.58. The van der Waals surface area contributed by atoms with Gasteiger partial charge in [-0.05, 0) is 37.1 Å². The molecule has 0 aliphatic heterocycles. The number of rotatable bonds is 7. The fraction of sp³-hybridized carbons (Fsp3) is 0.250. The van der Waals surface area contributed by atoms with Crippen molar-refractivity contribution in [2.45, 2.75) is 33.0 Å². The molecule has 1 unspecified atom stereocenters. The van der Waals surface area contributed by atoms with Crippen molar-refractivity contribution in [3.05, 3.63) is 81.8 Å². The molecule has 0 fully saturated rings. The number of nitrogens with one attached hydrogen (secondary N) is 1. The standard InChI is InChI=1S/C20H22N2OS/c1-15-4-3-5-17(10-15)12-23-20-8-6-18(7-9-20)16(2)21-11-19-13-24-14-22-19/h3-10,13-14,16,21H,11-12H2,1-2H3. The zero-order valence-electron chi connectivity index (χ0n) is 14.0. The molecule has 24 heavy (non-hydrogen) atoms. The SMILES string of the molecule is Cc1cccc(COc2ccc(C(C)NCc3cscn3)cc2)c1. The average Bonchev–Trinajstić information content (AvgIpc) is 3.12. The molecular formula is C20H22N2OS. The molecule has 4 heteroatoms. The summed E-state index contributed by atoms with van der Waals surface area (Å²) in [6.07, 6.45) is 0. The second kappa shape index (κ2) is 8.08. The van der Waals surface area contributed by atoms with Crippen LogP contribution in [0.15, 0.2) is 59.4 Å². The molecule has 124 valence electrons. The highest BCUT2D eigenvalue weighted by Crippen LogP contribution is 2.19. The molecule has 0 amide bonds. The summed E-state index contributed by atoms with van der Waals surface area (Å²) in [5.74, 6) is 0.895. The molecule has 0 radical (unpaired) electrons. The zero-order valence-corrected chi connectivity index (χ0v) is 14.8. The van der Waals surface area contributed by atoms with Crippen molar-refractivity contribution in [3.63, 3.8) is 0 Å². The lowest BCUT2D eigenvalue weighted by Gasteiger charge is -2.14. The molecule has 0 spiro atoms. The van der Waals surface area contributed by atoms with E-state index in [1.54, 1.807) is 11.3 Å². The molecule has 3 rings (SSSR count). The van der Waals surface area contributed by atoms with Crippen molar-refractivity contribution in [3.8, 4) is 5.75 Å². The van der Waals surface area contributed by atoms with Crippen LogP contribution in [0.5, 0.6) is 5.75 Å². The minimum atomic E-state index is 0.275. The molecule has 3 nitrogen and oxygen atoms in total. The fourth-order valence-corrected chi connectivity index (χ4v) is 3.08. The molecule has 2 aromatic carbocycles. The lowest BCUT2D eigenvalue weighted by Crippen LogP contribution is -2.18. The topological polar surface area (TPSA) is 34.1 Å². The molecule has 3 aromatic rings. The van der Waals surface area contributed by atoms with Crippen LogP contribution in [-0.4, -0.2) is 4.98 Å². The van der Waals surface area contributed by atoms with Gasteiger partial charge in [-0.25, -0.2) is 4.98 Å². The maximum Gasteiger partial charge on any atom is 0.119 e. The van der Waals surface area contributed by atoms with Crippen LogP contribution in [0.4, 0.5) is 0 Å². The van der Waals surface area contributed by atoms with Gasteiger partial charge in [0, 0.05) is 18.0 Å². The maximum absolute atomic E-state index is 5.87. The highest BCUT2D eigenvalue weighted by molar-refractivity contribution is 7.07. The predicted octanol–water partition coefficient (Wildman–Crippen LogP) is 4.88. The van der Waals surface area contributed by atoms with Gasteiger partial charge in [0.05, 0.1) is 11.2 Å². The lowest BCUT2D eigenvalue weighted by molar-refractivity contribution is 0.306. The smallest absolute Gasteiger partial charge is 0.119 e. The quantitative estimate of drug-likeness (QED) is 0.666. The summed E-state index contributed by atoms with van der Waals surface area (Å²) in [5.41, 5.74) is 6.64. The average molecular weight is 338 g/mol. The summed E-state index contributed by atoms with van der Waals surface area (Å²) in [6.45, 7) is 5.64. The third kappa shape index (κ3) is 4.66. The Labute approximate surface area is 147 Å². The first-order valence-electron chi connectivity index (χ1n) is 8.09. The van der Waals surface area contributed by atoms with Crippen LogP contribution in [-0.2, 0) is 13.2 Å². The van der Waals surface area contributed by atoms with Gasteiger partial charge < -0.3 is 10.1 Å². The minimum absolute atomic E-state index is 0.275. The molecule has 1 atom stereocenters. The van der Waals surface area contributed by atoms with Gasteiger partial charge in [0.25, 0.3) is 0 Å². The van der Waals surface area contributed by atoms with Crippen molar-refractivity contribution in [1.82, 2.24) is 10.3 Å². The van der Waals surface area contributed by atoms with E-state index in [1.807, 2.05) is 17.6 Å². The molecule has 0 aliphatic carbocycles. The fourth-order valence-electron chi connectivity index (χ4n) is 2.52. The Bertz CT molecular complexity index is 754. The molecule has 1 aromatic heterocycles. The van der Waals surface area contributed by atoms with E-state index in [4.69, 9.17) is 4.74 Å². The Morgan fingerprint density at radius 3 is 2.71 bits per heavy atom. The van der Waals surface area contributed by atoms with Crippen LogP contribution in [0, 0.1) is 6.92 Å². The van der Waals surface area contributed by atoms with E-state index >= 15 is 0 Å². The number of hydrogen-bond acceptors (Lipinski definition) is 4. The predicted molar refractivity (Wildman–Crippen MR) is 99.3 cm³/mol. The van der Waals surface area contributed by atoms with Gasteiger partial charge in [-0.3, -0.25) is 0 Å². The summed E-state index contributed by atoms with van der Waals surface area (Å²) in [7, 11) is 0. The van der Waals surface area contributed by atoms with Crippen LogP contribution in [0.3, 0.4) is 0 Å². The Hall–Kier alpha value is -2.17. The summed E-state index contributed by atoms with van der Waals surface area (Å²) in [6, 6.07) is 17.0.